The zero-order chi connectivity index (χ0) is 17.6. The number of piperidine rings is 1. The predicted octanol–water partition coefficient (Wildman–Crippen LogP) is 2.70. The van der Waals surface area contributed by atoms with Gasteiger partial charge in [0, 0.05) is 6.54 Å². The SMILES string of the molecule is COc1ccccc1NC(=O)N1CCCC(Oc2ncc(F)cn2)C1. The topological polar surface area (TPSA) is 76.6 Å². The van der Waals surface area contributed by atoms with Crippen LogP contribution in [-0.2, 0) is 0 Å². The summed E-state index contributed by atoms with van der Waals surface area (Å²) < 4.78 is 23.7. The fourth-order valence-electron chi connectivity index (χ4n) is 2.67. The molecule has 1 fully saturated rings. The monoisotopic (exact) mass is 346 g/mol. The van der Waals surface area contributed by atoms with Crippen LogP contribution in [0.3, 0.4) is 0 Å². The molecular formula is C17H19FN4O3. The molecule has 1 aromatic carbocycles. The van der Waals surface area contributed by atoms with Gasteiger partial charge in [0.05, 0.1) is 31.7 Å². The Hall–Kier alpha value is -2.90. The zero-order valence-electron chi connectivity index (χ0n) is 13.8. The number of aromatic nitrogens is 2. The van der Waals surface area contributed by atoms with Gasteiger partial charge in [0.15, 0.2) is 5.82 Å². The number of benzene rings is 1. The Morgan fingerprint density at radius 1 is 1.32 bits per heavy atom. The molecule has 8 heteroatoms. The van der Waals surface area contributed by atoms with E-state index in [2.05, 4.69) is 15.3 Å². The minimum atomic E-state index is -0.520. The Balaban J connectivity index is 1.60. The third-order valence-electron chi connectivity index (χ3n) is 3.88. The molecule has 1 aromatic heterocycles. The number of urea groups is 1. The Morgan fingerprint density at radius 2 is 2.08 bits per heavy atom. The molecule has 2 aromatic rings. The lowest BCUT2D eigenvalue weighted by Crippen LogP contribution is -2.46. The van der Waals surface area contributed by atoms with Crippen LogP contribution < -0.4 is 14.8 Å². The molecule has 0 spiro atoms. The van der Waals surface area contributed by atoms with Gasteiger partial charge in [0.2, 0.25) is 0 Å². The first-order chi connectivity index (χ1) is 12.2. The number of methoxy groups -OCH3 is 1. The van der Waals surface area contributed by atoms with Gasteiger partial charge >= 0.3 is 12.0 Å². The number of rotatable bonds is 4. The number of nitrogens with zero attached hydrogens (tertiary/aromatic N) is 3. The molecule has 1 atom stereocenters. The molecule has 0 radical (unpaired) electrons. The van der Waals surface area contributed by atoms with Crippen molar-refractivity contribution in [3.8, 4) is 11.8 Å². The molecule has 132 valence electrons. The van der Waals surface area contributed by atoms with Crippen molar-refractivity contribution in [2.45, 2.75) is 18.9 Å². The second-order valence-electron chi connectivity index (χ2n) is 5.64. The van der Waals surface area contributed by atoms with Crippen LogP contribution in [-0.4, -0.2) is 47.2 Å². The van der Waals surface area contributed by atoms with Gasteiger partial charge in [-0.1, -0.05) is 12.1 Å². The molecule has 1 aliphatic rings. The quantitative estimate of drug-likeness (QED) is 0.921. The molecule has 1 unspecified atom stereocenters. The van der Waals surface area contributed by atoms with E-state index in [0.717, 1.165) is 25.2 Å². The third kappa shape index (κ3) is 4.34. The van der Waals surface area contributed by atoms with Crippen molar-refractivity contribution in [1.29, 1.82) is 0 Å². The number of para-hydroxylation sites is 2. The number of hydrogen-bond acceptors (Lipinski definition) is 5. The zero-order valence-corrected chi connectivity index (χ0v) is 13.8. The average molecular weight is 346 g/mol. The molecule has 3 rings (SSSR count). The Bertz CT molecular complexity index is 726. The number of carbonyl (C=O) groups excluding carboxylic acids is 1. The molecule has 2 amide bonds. The fourth-order valence-corrected chi connectivity index (χ4v) is 2.67. The first kappa shape index (κ1) is 16.9. The van der Waals surface area contributed by atoms with Crippen LogP contribution in [0.2, 0.25) is 0 Å². The second-order valence-corrected chi connectivity index (χ2v) is 5.64. The minimum absolute atomic E-state index is 0.110. The Labute approximate surface area is 144 Å². The number of hydrogen-bond donors (Lipinski definition) is 1. The minimum Gasteiger partial charge on any atom is -0.495 e. The van der Waals surface area contributed by atoms with Crippen LogP contribution in [0, 0.1) is 5.82 Å². The van der Waals surface area contributed by atoms with Crippen molar-refractivity contribution in [3.63, 3.8) is 0 Å². The highest BCUT2D eigenvalue weighted by molar-refractivity contribution is 5.91. The highest BCUT2D eigenvalue weighted by atomic mass is 19.1. The Morgan fingerprint density at radius 3 is 2.84 bits per heavy atom. The van der Waals surface area contributed by atoms with Crippen LogP contribution in [0.15, 0.2) is 36.7 Å². The Kier molecular flexibility index (Phi) is 5.27. The molecule has 0 saturated carbocycles. The van der Waals surface area contributed by atoms with Gasteiger partial charge in [-0.15, -0.1) is 0 Å². The molecule has 0 bridgehead atoms. The van der Waals surface area contributed by atoms with E-state index in [1.807, 2.05) is 12.1 Å². The highest BCUT2D eigenvalue weighted by Crippen LogP contribution is 2.24. The van der Waals surface area contributed by atoms with Gasteiger partial charge in [-0.3, -0.25) is 0 Å². The number of likely N-dealkylation sites (tertiary alicyclic amines) is 1. The summed E-state index contributed by atoms with van der Waals surface area (Å²) in [7, 11) is 1.55. The molecule has 0 aliphatic carbocycles. The summed E-state index contributed by atoms with van der Waals surface area (Å²) in [6.45, 7) is 1.03. The molecule has 25 heavy (non-hydrogen) atoms. The van der Waals surface area contributed by atoms with Crippen molar-refractivity contribution >= 4 is 11.7 Å². The van der Waals surface area contributed by atoms with Gasteiger partial charge < -0.3 is 19.7 Å². The van der Waals surface area contributed by atoms with Crippen LogP contribution >= 0.6 is 0 Å². The lowest BCUT2D eigenvalue weighted by Gasteiger charge is -2.32. The van der Waals surface area contributed by atoms with Crippen LogP contribution in [0.1, 0.15) is 12.8 Å². The van der Waals surface area contributed by atoms with E-state index in [-0.39, 0.29) is 18.1 Å². The smallest absolute Gasteiger partial charge is 0.322 e. The summed E-state index contributed by atoms with van der Waals surface area (Å²) in [4.78, 5) is 21.7. The maximum atomic E-state index is 12.9. The largest absolute Gasteiger partial charge is 0.495 e. The normalized spacial score (nSPS) is 17.0. The maximum absolute atomic E-state index is 12.9. The predicted molar refractivity (Wildman–Crippen MR) is 89.2 cm³/mol. The van der Waals surface area contributed by atoms with E-state index < -0.39 is 5.82 Å². The maximum Gasteiger partial charge on any atom is 0.322 e. The van der Waals surface area contributed by atoms with E-state index in [0.29, 0.717) is 24.5 Å². The van der Waals surface area contributed by atoms with Crippen LogP contribution in [0.4, 0.5) is 14.9 Å². The summed E-state index contributed by atoms with van der Waals surface area (Å²) in [6.07, 6.45) is 3.45. The van der Waals surface area contributed by atoms with Crippen LogP contribution in [0.25, 0.3) is 0 Å². The summed E-state index contributed by atoms with van der Waals surface area (Å²) in [5.74, 6) is 0.0779. The molecule has 1 saturated heterocycles. The van der Waals surface area contributed by atoms with Crippen molar-refractivity contribution in [2.24, 2.45) is 0 Å². The molecule has 1 aliphatic heterocycles. The molecule has 1 N–H and O–H groups in total. The van der Waals surface area contributed by atoms with Crippen molar-refractivity contribution in [1.82, 2.24) is 14.9 Å². The van der Waals surface area contributed by atoms with Gasteiger partial charge in [-0.05, 0) is 25.0 Å². The van der Waals surface area contributed by atoms with E-state index in [9.17, 15) is 9.18 Å². The standard InChI is InChI=1S/C17H19FN4O3/c1-24-15-7-3-2-6-14(15)21-17(23)22-8-4-5-13(11-22)25-16-19-9-12(18)10-20-16/h2-3,6-7,9-10,13H,4-5,8,11H2,1H3,(H,21,23). The number of nitrogens with one attached hydrogen (secondary N) is 1. The van der Waals surface area contributed by atoms with Gasteiger partial charge in [0.25, 0.3) is 0 Å². The second kappa shape index (κ2) is 7.78. The van der Waals surface area contributed by atoms with Gasteiger partial charge in [-0.25, -0.2) is 19.2 Å². The van der Waals surface area contributed by atoms with Gasteiger partial charge in [0.1, 0.15) is 11.9 Å². The number of carbonyl (C=O) groups is 1. The van der Waals surface area contributed by atoms with Crippen molar-refractivity contribution in [3.05, 3.63) is 42.5 Å². The summed E-state index contributed by atoms with van der Waals surface area (Å²) >= 11 is 0. The summed E-state index contributed by atoms with van der Waals surface area (Å²) in [6, 6.07) is 7.11. The lowest BCUT2D eigenvalue weighted by atomic mass is 10.1. The van der Waals surface area contributed by atoms with Gasteiger partial charge in [-0.2, -0.15) is 0 Å². The molecular weight excluding hydrogens is 327 g/mol. The third-order valence-corrected chi connectivity index (χ3v) is 3.88. The number of ether oxygens (including phenoxy) is 2. The van der Waals surface area contributed by atoms with E-state index in [4.69, 9.17) is 9.47 Å². The number of amides is 2. The summed E-state index contributed by atoms with van der Waals surface area (Å²) in [5.41, 5.74) is 0.611. The first-order valence-electron chi connectivity index (χ1n) is 7.99. The summed E-state index contributed by atoms with van der Waals surface area (Å²) in [5, 5.41) is 2.85. The average Bonchev–Trinajstić information content (AvgIpc) is 2.64. The molecule has 7 nitrogen and oxygen atoms in total. The first-order valence-corrected chi connectivity index (χ1v) is 7.99. The molecule has 2 heterocycles. The van der Waals surface area contributed by atoms with E-state index >= 15 is 0 Å². The van der Waals surface area contributed by atoms with Crippen molar-refractivity contribution < 1.29 is 18.7 Å². The highest BCUT2D eigenvalue weighted by Gasteiger charge is 2.26. The van der Waals surface area contributed by atoms with Crippen molar-refractivity contribution in [2.75, 3.05) is 25.5 Å². The fraction of sp³-hybridized carbons (Fsp3) is 0.353. The van der Waals surface area contributed by atoms with E-state index in [1.165, 1.54) is 0 Å². The number of halogens is 1. The lowest BCUT2D eigenvalue weighted by molar-refractivity contribution is 0.0980. The van der Waals surface area contributed by atoms with Crippen LogP contribution in [0.5, 0.6) is 11.8 Å². The van der Waals surface area contributed by atoms with E-state index in [1.54, 1.807) is 24.1 Å². The number of anilines is 1.